The van der Waals surface area contributed by atoms with Crippen molar-refractivity contribution in [3.8, 4) is 0 Å². The van der Waals surface area contributed by atoms with E-state index in [2.05, 4.69) is 16.0 Å². The van der Waals surface area contributed by atoms with Crippen LogP contribution in [-0.2, 0) is 9.59 Å². The minimum Gasteiger partial charge on any atom is -0.358 e. The second-order valence-electron chi connectivity index (χ2n) is 3.59. The van der Waals surface area contributed by atoms with Gasteiger partial charge in [-0.05, 0) is 18.9 Å². The molecule has 0 aliphatic carbocycles. The van der Waals surface area contributed by atoms with E-state index in [4.69, 9.17) is 0 Å². The molecule has 1 saturated heterocycles. The number of hydrogen-bond acceptors (Lipinski definition) is 3. The lowest BCUT2D eigenvalue weighted by atomic mass is 10.0. The molecule has 2 amide bonds. The Hall–Kier alpha value is -1.10. The number of likely N-dealkylation sites (N-methyl/N-ethyl adjacent to an activating group) is 1. The highest BCUT2D eigenvalue weighted by molar-refractivity contribution is 5.87. The predicted molar refractivity (Wildman–Crippen MR) is 52.6 cm³/mol. The second-order valence-corrected chi connectivity index (χ2v) is 3.59. The van der Waals surface area contributed by atoms with Gasteiger partial charge in [0, 0.05) is 7.05 Å². The lowest BCUT2D eigenvalue weighted by Gasteiger charge is -2.14. The number of amides is 2. The van der Waals surface area contributed by atoms with Gasteiger partial charge in [0.05, 0.1) is 12.6 Å². The molecule has 2 atom stereocenters. The normalized spacial score (nSPS) is 25.9. The van der Waals surface area contributed by atoms with Crippen molar-refractivity contribution in [1.82, 2.24) is 16.0 Å². The van der Waals surface area contributed by atoms with Crippen molar-refractivity contribution in [1.29, 1.82) is 0 Å². The molecular weight excluding hydrogens is 182 g/mol. The maximum Gasteiger partial charge on any atom is 0.239 e. The van der Waals surface area contributed by atoms with E-state index in [1.54, 1.807) is 7.05 Å². The van der Waals surface area contributed by atoms with Crippen molar-refractivity contribution >= 4 is 11.8 Å². The maximum atomic E-state index is 11.5. The minimum absolute atomic E-state index is 0.0558. The van der Waals surface area contributed by atoms with Crippen LogP contribution >= 0.6 is 0 Å². The van der Waals surface area contributed by atoms with Crippen molar-refractivity contribution in [2.45, 2.75) is 19.4 Å². The van der Waals surface area contributed by atoms with Gasteiger partial charge in [0.15, 0.2) is 0 Å². The average Bonchev–Trinajstić information content (AvgIpc) is 2.60. The molecule has 80 valence electrons. The summed E-state index contributed by atoms with van der Waals surface area (Å²) in [5.74, 6) is 0.0855. The van der Waals surface area contributed by atoms with Crippen LogP contribution in [0, 0.1) is 5.92 Å². The monoisotopic (exact) mass is 199 g/mol. The van der Waals surface area contributed by atoms with E-state index >= 15 is 0 Å². The van der Waals surface area contributed by atoms with E-state index in [0.717, 1.165) is 13.0 Å². The van der Waals surface area contributed by atoms with Crippen LogP contribution in [0.15, 0.2) is 0 Å². The molecule has 0 aromatic rings. The van der Waals surface area contributed by atoms with Crippen LogP contribution in [-0.4, -0.2) is 38.0 Å². The zero-order valence-corrected chi connectivity index (χ0v) is 8.59. The maximum absolute atomic E-state index is 11.5. The highest BCUT2D eigenvalue weighted by atomic mass is 16.2. The summed E-state index contributed by atoms with van der Waals surface area (Å²) in [6.07, 6.45) is 1.01. The van der Waals surface area contributed by atoms with Crippen LogP contribution in [0.4, 0.5) is 0 Å². The Bertz CT molecular complexity index is 230. The molecule has 0 aromatic carbocycles. The molecule has 0 aromatic heterocycles. The smallest absolute Gasteiger partial charge is 0.239 e. The van der Waals surface area contributed by atoms with Crippen LogP contribution < -0.4 is 16.0 Å². The third-order valence-electron chi connectivity index (χ3n) is 2.52. The van der Waals surface area contributed by atoms with E-state index in [9.17, 15) is 9.59 Å². The first-order valence-electron chi connectivity index (χ1n) is 4.87. The average molecular weight is 199 g/mol. The molecular formula is C9H17N3O2. The minimum atomic E-state index is -0.177. The SMILES string of the molecule is CNC(=O)CNC(=O)C1NCCC1C. The van der Waals surface area contributed by atoms with Crippen molar-refractivity contribution in [2.24, 2.45) is 5.92 Å². The molecule has 14 heavy (non-hydrogen) atoms. The molecule has 2 unspecified atom stereocenters. The quantitative estimate of drug-likeness (QED) is 0.537. The third-order valence-corrected chi connectivity index (χ3v) is 2.52. The fourth-order valence-electron chi connectivity index (χ4n) is 1.55. The zero-order valence-electron chi connectivity index (χ0n) is 8.59. The molecule has 5 heteroatoms. The van der Waals surface area contributed by atoms with Crippen LogP contribution in [0.2, 0.25) is 0 Å². The van der Waals surface area contributed by atoms with Crippen LogP contribution in [0.1, 0.15) is 13.3 Å². The summed E-state index contributed by atoms with van der Waals surface area (Å²) in [6.45, 7) is 2.96. The molecule has 1 aliphatic heterocycles. The Kier molecular flexibility index (Phi) is 3.88. The second kappa shape index (κ2) is 4.95. The molecule has 5 nitrogen and oxygen atoms in total. The Labute approximate surface area is 83.6 Å². The highest BCUT2D eigenvalue weighted by Crippen LogP contribution is 2.13. The summed E-state index contributed by atoms with van der Waals surface area (Å²) in [7, 11) is 1.55. The topological polar surface area (TPSA) is 70.2 Å². The molecule has 1 aliphatic rings. The highest BCUT2D eigenvalue weighted by Gasteiger charge is 2.28. The summed E-state index contributed by atoms with van der Waals surface area (Å²) in [4.78, 5) is 22.4. The van der Waals surface area contributed by atoms with E-state index in [1.807, 2.05) is 6.92 Å². The van der Waals surface area contributed by atoms with Gasteiger partial charge in [0.25, 0.3) is 0 Å². The van der Waals surface area contributed by atoms with Gasteiger partial charge < -0.3 is 16.0 Å². The van der Waals surface area contributed by atoms with Gasteiger partial charge in [-0.2, -0.15) is 0 Å². The fraction of sp³-hybridized carbons (Fsp3) is 0.778. The summed E-state index contributed by atoms with van der Waals surface area (Å²) in [5.41, 5.74) is 0. The standard InChI is InChI=1S/C9H17N3O2/c1-6-3-4-11-8(6)9(14)12-5-7(13)10-2/h6,8,11H,3-5H2,1-2H3,(H,10,13)(H,12,14). The number of hydrogen-bond donors (Lipinski definition) is 3. The van der Waals surface area contributed by atoms with Crippen LogP contribution in [0.3, 0.4) is 0 Å². The Morgan fingerprint density at radius 2 is 2.21 bits per heavy atom. The molecule has 1 rings (SSSR count). The van der Waals surface area contributed by atoms with Gasteiger partial charge in [-0.25, -0.2) is 0 Å². The Morgan fingerprint density at radius 1 is 1.50 bits per heavy atom. The molecule has 3 N–H and O–H groups in total. The number of carbonyl (C=O) groups excluding carboxylic acids is 2. The summed E-state index contributed by atoms with van der Waals surface area (Å²) >= 11 is 0. The van der Waals surface area contributed by atoms with Gasteiger partial charge in [0.2, 0.25) is 11.8 Å². The molecule has 0 radical (unpaired) electrons. The first-order chi connectivity index (χ1) is 6.65. The summed E-state index contributed by atoms with van der Waals surface area (Å²) in [6, 6.07) is -0.139. The lowest BCUT2D eigenvalue weighted by molar-refractivity contribution is -0.127. The first kappa shape index (κ1) is 11.0. The first-order valence-corrected chi connectivity index (χ1v) is 4.87. The molecule has 1 heterocycles. The van der Waals surface area contributed by atoms with Gasteiger partial charge in [-0.1, -0.05) is 6.92 Å². The van der Waals surface area contributed by atoms with Crippen LogP contribution in [0.25, 0.3) is 0 Å². The number of nitrogens with one attached hydrogen (secondary N) is 3. The zero-order chi connectivity index (χ0) is 10.6. The van der Waals surface area contributed by atoms with E-state index < -0.39 is 0 Å². The van der Waals surface area contributed by atoms with Crippen molar-refractivity contribution < 1.29 is 9.59 Å². The van der Waals surface area contributed by atoms with Crippen LogP contribution in [0.5, 0.6) is 0 Å². The summed E-state index contributed by atoms with van der Waals surface area (Å²) < 4.78 is 0. The van der Waals surface area contributed by atoms with Gasteiger partial charge >= 0.3 is 0 Å². The van der Waals surface area contributed by atoms with Gasteiger partial charge in [-0.15, -0.1) is 0 Å². The van der Waals surface area contributed by atoms with E-state index in [1.165, 1.54) is 0 Å². The van der Waals surface area contributed by atoms with Gasteiger partial charge in [-0.3, -0.25) is 9.59 Å². The molecule has 0 spiro atoms. The van der Waals surface area contributed by atoms with Gasteiger partial charge in [0.1, 0.15) is 0 Å². The fourth-order valence-corrected chi connectivity index (χ4v) is 1.55. The predicted octanol–water partition coefficient (Wildman–Crippen LogP) is -1.15. The third kappa shape index (κ3) is 2.70. The molecule has 0 saturated carbocycles. The Balaban J connectivity index is 2.31. The molecule has 1 fully saturated rings. The van der Waals surface area contributed by atoms with Crippen molar-refractivity contribution in [3.05, 3.63) is 0 Å². The van der Waals surface area contributed by atoms with E-state index in [-0.39, 0.29) is 24.4 Å². The molecule has 0 bridgehead atoms. The lowest BCUT2D eigenvalue weighted by Crippen LogP contribution is -2.46. The summed E-state index contributed by atoms with van der Waals surface area (Å²) in [5, 5.41) is 8.14. The van der Waals surface area contributed by atoms with Crippen molar-refractivity contribution in [2.75, 3.05) is 20.1 Å². The number of rotatable bonds is 3. The number of carbonyl (C=O) groups is 2. The Morgan fingerprint density at radius 3 is 2.71 bits per heavy atom. The largest absolute Gasteiger partial charge is 0.358 e. The van der Waals surface area contributed by atoms with E-state index in [0.29, 0.717) is 5.92 Å². The van der Waals surface area contributed by atoms with Crippen molar-refractivity contribution in [3.63, 3.8) is 0 Å².